The number of nitrogens with zero attached hydrogens (tertiary/aromatic N) is 2. The molecular weight excluding hydrogens is 366 g/mol. The van der Waals surface area contributed by atoms with Crippen LogP contribution in [0.25, 0.3) is 0 Å². The van der Waals surface area contributed by atoms with E-state index in [1.54, 1.807) is 34.1 Å². The van der Waals surface area contributed by atoms with Gasteiger partial charge in [0.05, 0.1) is 6.54 Å². The number of carbonyl (C=O) groups excluding carboxylic acids is 3. The summed E-state index contributed by atoms with van der Waals surface area (Å²) in [6, 6.07) is 16.5. The van der Waals surface area contributed by atoms with Gasteiger partial charge in [0.15, 0.2) is 0 Å². The monoisotopic (exact) mass is 393 g/mol. The second-order valence-corrected chi connectivity index (χ2v) is 7.50. The SMILES string of the molecule is CC(C)c1ccc(C(=O)N2CCN(C(=O)CNC(=O)c3ccccc3)CC2)cc1. The predicted octanol–water partition coefficient (Wildman–Crippen LogP) is 2.52. The summed E-state index contributed by atoms with van der Waals surface area (Å²) in [5.74, 6) is 0.0150. The molecule has 0 atom stereocenters. The molecular formula is C23H27N3O3. The van der Waals surface area contributed by atoms with Gasteiger partial charge < -0.3 is 15.1 Å². The average molecular weight is 393 g/mol. The van der Waals surface area contributed by atoms with Crippen LogP contribution in [0.3, 0.4) is 0 Å². The van der Waals surface area contributed by atoms with Gasteiger partial charge in [-0.3, -0.25) is 14.4 Å². The normalized spacial score (nSPS) is 14.0. The maximum absolute atomic E-state index is 12.7. The minimum absolute atomic E-state index is 0.00946. The summed E-state index contributed by atoms with van der Waals surface area (Å²) in [6.45, 7) is 6.11. The van der Waals surface area contributed by atoms with Gasteiger partial charge in [-0.05, 0) is 35.7 Å². The number of amides is 3. The number of rotatable bonds is 5. The largest absolute Gasteiger partial charge is 0.343 e. The van der Waals surface area contributed by atoms with Crippen molar-refractivity contribution in [2.24, 2.45) is 0 Å². The predicted molar refractivity (Wildman–Crippen MR) is 112 cm³/mol. The van der Waals surface area contributed by atoms with Crippen molar-refractivity contribution in [3.8, 4) is 0 Å². The molecule has 1 aliphatic rings. The van der Waals surface area contributed by atoms with Crippen LogP contribution >= 0.6 is 0 Å². The highest BCUT2D eigenvalue weighted by Gasteiger charge is 2.25. The molecule has 1 aliphatic heterocycles. The Hall–Kier alpha value is -3.15. The Balaban J connectivity index is 1.47. The summed E-state index contributed by atoms with van der Waals surface area (Å²) in [4.78, 5) is 40.6. The van der Waals surface area contributed by atoms with E-state index < -0.39 is 0 Å². The summed E-state index contributed by atoms with van der Waals surface area (Å²) in [6.07, 6.45) is 0. The number of hydrogen-bond donors (Lipinski definition) is 1. The lowest BCUT2D eigenvalue weighted by molar-refractivity contribution is -0.131. The van der Waals surface area contributed by atoms with Crippen molar-refractivity contribution >= 4 is 17.7 Å². The highest BCUT2D eigenvalue weighted by atomic mass is 16.2. The quantitative estimate of drug-likeness (QED) is 0.849. The standard InChI is InChI=1S/C23H27N3O3/c1-17(2)18-8-10-20(11-9-18)23(29)26-14-12-25(13-15-26)21(27)16-24-22(28)19-6-4-3-5-7-19/h3-11,17H,12-16H2,1-2H3,(H,24,28). The Morgan fingerprint density at radius 1 is 0.828 bits per heavy atom. The smallest absolute Gasteiger partial charge is 0.253 e. The van der Waals surface area contributed by atoms with Crippen molar-refractivity contribution in [2.75, 3.05) is 32.7 Å². The van der Waals surface area contributed by atoms with Gasteiger partial charge >= 0.3 is 0 Å². The van der Waals surface area contributed by atoms with Crippen LogP contribution in [0.2, 0.25) is 0 Å². The van der Waals surface area contributed by atoms with Crippen LogP contribution in [-0.2, 0) is 4.79 Å². The lowest BCUT2D eigenvalue weighted by Gasteiger charge is -2.35. The zero-order chi connectivity index (χ0) is 20.8. The fourth-order valence-electron chi connectivity index (χ4n) is 3.31. The van der Waals surface area contributed by atoms with Crippen molar-refractivity contribution < 1.29 is 14.4 Å². The molecule has 2 aromatic carbocycles. The first kappa shape index (κ1) is 20.6. The van der Waals surface area contributed by atoms with Crippen LogP contribution in [0.4, 0.5) is 0 Å². The molecule has 0 spiro atoms. The highest BCUT2D eigenvalue weighted by molar-refractivity contribution is 5.96. The average Bonchev–Trinajstić information content (AvgIpc) is 2.77. The minimum atomic E-state index is -0.266. The van der Waals surface area contributed by atoms with Crippen LogP contribution in [-0.4, -0.2) is 60.2 Å². The summed E-state index contributed by atoms with van der Waals surface area (Å²) in [5, 5.41) is 2.66. The minimum Gasteiger partial charge on any atom is -0.343 e. The van der Waals surface area contributed by atoms with Gasteiger partial charge in [0.25, 0.3) is 11.8 Å². The molecule has 0 saturated carbocycles. The number of hydrogen-bond acceptors (Lipinski definition) is 3. The van der Waals surface area contributed by atoms with E-state index in [1.165, 1.54) is 5.56 Å². The fourth-order valence-corrected chi connectivity index (χ4v) is 3.31. The zero-order valence-electron chi connectivity index (χ0n) is 16.9. The van der Waals surface area contributed by atoms with Crippen molar-refractivity contribution in [3.05, 3.63) is 71.3 Å². The van der Waals surface area contributed by atoms with Gasteiger partial charge in [-0.2, -0.15) is 0 Å². The Morgan fingerprint density at radius 3 is 2.00 bits per heavy atom. The maximum atomic E-state index is 12.7. The molecule has 0 unspecified atom stereocenters. The second-order valence-electron chi connectivity index (χ2n) is 7.50. The molecule has 6 nitrogen and oxygen atoms in total. The van der Waals surface area contributed by atoms with Crippen LogP contribution in [0.5, 0.6) is 0 Å². The zero-order valence-corrected chi connectivity index (χ0v) is 16.9. The van der Waals surface area contributed by atoms with Crippen LogP contribution in [0.15, 0.2) is 54.6 Å². The first-order valence-electron chi connectivity index (χ1n) is 9.96. The Morgan fingerprint density at radius 2 is 1.41 bits per heavy atom. The van der Waals surface area contributed by atoms with Gasteiger partial charge in [-0.15, -0.1) is 0 Å². The number of piperazine rings is 1. The maximum Gasteiger partial charge on any atom is 0.253 e. The molecule has 0 aliphatic carbocycles. The van der Waals surface area contributed by atoms with Gasteiger partial charge in [0.2, 0.25) is 5.91 Å². The molecule has 0 bridgehead atoms. The van der Waals surface area contributed by atoms with Gasteiger partial charge in [-0.25, -0.2) is 0 Å². The molecule has 3 amide bonds. The summed E-state index contributed by atoms with van der Waals surface area (Å²) in [5.41, 5.74) is 2.40. The van der Waals surface area contributed by atoms with Gasteiger partial charge in [0.1, 0.15) is 0 Å². The van der Waals surface area contributed by atoms with E-state index in [-0.39, 0.29) is 24.3 Å². The van der Waals surface area contributed by atoms with E-state index in [1.807, 2.05) is 30.3 Å². The summed E-state index contributed by atoms with van der Waals surface area (Å²) >= 11 is 0. The van der Waals surface area contributed by atoms with Gasteiger partial charge in [0, 0.05) is 37.3 Å². The molecule has 1 fully saturated rings. The third-order valence-electron chi connectivity index (χ3n) is 5.18. The Labute approximate surface area is 171 Å². The molecule has 1 heterocycles. The fraction of sp³-hybridized carbons (Fsp3) is 0.348. The molecule has 1 saturated heterocycles. The highest BCUT2D eigenvalue weighted by Crippen LogP contribution is 2.16. The van der Waals surface area contributed by atoms with E-state index >= 15 is 0 Å². The third kappa shape index (κ3) is 5.22. The van der Waals surface area contributed by atoms with E-state index in [4.69, 9.17) is 0 Å². The van der Waals surface area contributed by atoms with Gasteiger partial charge in [-0.1, -0.05) is 44.2 Å². The Bertz CT molecular complexity index is 855. The molecule has 1 N–H and O–H groups in total. The van der Waals surface area contributed by atoms with Crippen molar-refractivity contribution in [3.63, 3.8) is 0 Å². The van der Waals surface area contributed by atoms with Crippen molar-refractivity contribution in [1.29, 1.82) is 0 Å². The van der Waals surface area contributed by atoms with E-state index in [9.17, 15) is 14.4 Å². The van der Waals surface area contributed by atoms with E-state index in [0.717, 1.165) is 0 Å². The van der Waals surface area contributed by atoms with E-state index in [2.05, 4.69) is 19.2 Å². The summed E-state index contributed by atoms with van der Waals surface area (Å²) < 4.78 is 0. The number of benzene rings is 2. The molecule has 6 heteroatoms. The first-order valence-corrected chi connectivity index (χ1v) is 9.96. The molecule has 152 valence electrons. The molecule has 3 rings (SSSR count). The van der Waals surface area contributed by atoms with Crippen LogP contribution in [0.1, 0.15) is 46.0 Å². The topological polar surface area (TPSA) is 69.7 Å². The lowest BCUT2D eigenvalue weighted by atomic mass is 10.0. The first-order chi connectivity index (χ1) is 14.0. The second kappa shape index (κ2) is 9.37. The molecule has 0 aromatic heterocycles. The van der Waals surface area contributed by atoms with Crippen LogP contribution in [0, 0.1) is 0 Å². The third-order valence-corrected chi connectivity index (χ3v) is 5.18. The molecule has 29 heavy (non-hydrogen) atoms. The lowest BCUT2D eigenvalue weighted by Crippen LogP contribution is -2.52. The van der Waals surface area contributed by atoms with Crippen LogP contribution < -0.4 is 5.32 Å². The number of nitrogens with one attached hydrogen (secondary N) is 1. The van der Waals surface area contributed by atoms with Crippen molar-refractivity contribution in [2.45, 2.75) is 19.8 Å². The van der Waals surface area contributed by atoms with Crippen molar-refractivity contribution in [1.82, 2.24) is 15.1 Å². The van der Waals surface area contributed by atoms with E-state index in [0.29, 0.717) is 43.2 Å². The number of carbonyl (C=O) groups is 3. The molecule has 0 radical (unpaired) electrons. The summed E-state index contributed by atoms with van der Waals surface area (Å²) in [7, 11) is 0. The Kier molecular flexibility index (Phi) is 6.65. The molecule has 2 aromatic rings.